The van der Waals surface area contributed by atoms with Crippen molar-refractivity contribution < 1.29 is 51.1 Å². The molecular weight excluding hydrogens is 1240 g/mol. The summed E-state index contributed by atoms with van der Waals surface area (Å²) in [5.41, 5.74) is 9.10. The fourth-order valence-corrected chi connectivity index (χ4v) is 11.1. The number of para-hydroxylation sites is 4. The number of ether oxygens (including phenoxy) is 2. The molecule has 0 atom stereocenters. The molecule has 0 unspecified atom stereocenters. The third-order valence-corrected chi connectivity index (χ3v) is 15.4. The molecule has 0 fully saturated rings. The van der Waals surface area contributed by atoms with E-state index in [1.807, 2.05) is 41.0 Å². The maximum atomic E-state index is 9.15. The second-order valence-corrected chi connectivity index (χ2v) is 23.0. The van der Waals surface area contributed by atoms with Crippen molar-refractivity contribution in [3.63, 3.8) is 0 Å². The maximum Gasteiger partial charge on any atom is 0.143 e. The van der Waals surface area contributed by atoms with Crippen LogP contribution in [0, 0.1) is 18.8 Å². The van der Waals surface area contributed by atoms with E-state index in [-0.39, 0.29) is 89.0 Å². The van der Waals surface area contributed by atoms with Gasteiger partial charge in [0.15, 0.2) is 0 Å². The Morgan fingerprint density at radius 2 is 0.977 bits per heavy atom. The number of rotatable bonds is 12. The molecule has 14 rings (SSSR count). The van der Waals surface area contributed by atoms with Crippen LogP contribution in [0.2, 0.25) is 0 Å². The standard InChI is InChI=1S/C80H63N4O2.Pt/c1-79(2,3)60-40-35-57(36-41-60)68-31-20-32-69(58-37-42-61(43-38-58)80(4,5)6)78(68)86-65-47-48-81-76(52-65)84-72-46-39-59(54-21-10-7-11-22-54)49-71(72)70-45-44-64(51-75(70)84)85-63-28-18-27-62(50-63)82-53-83(74-34-17-16-33-73(74)82)77-66(55-23-12-8-13-24-55)29-19-30-67(77)56-25-14-9-15-26-56;/h7-49,52-53H,1-6H3;/q-3;/i7D,8D,9D,10D,11D,12D,13D,14D,15D,21D,22D,23D,24D,25D,26D;. The van der Waals surface area contributed by atoms with E-state index < -0.39 is 78.6 Å². The summed E-state index contributed by atoms with van der Waals surface area (Å²) in [5.74, 6) is 2.02. The van der Waals surface area contributed by atoms with Gasteiger partial charge in [-0.25, -0.2) is 4.98 Å². The predicted molar refractivity (Wildman–Crippen MR) is 355 cm³/mol. The minimum absolute atomic E-state index is 0. The van der Waals surface area contributed by atoms with Gasteiger partial charge in [-0.05, 0) is 85.0 Å². The zero-order chi connectivity index (χ0) is 71.6. The average Bonchev–Trinajstić information content (AvgIpc) is 1.56. The summed E-state index contributed by atoms with van der Waals surface area (Å²) >= 11 is 0. The molecule has 0 aliphatic carbocycles. The maximum absolute atomic E-state index is 9.15. The van der Waals surface area contributed by atoms with Crippen molar-refractivity contribution in [2.75, 3.05) is 9.80 Å². The molecule has 0 spiro atoms. The van der Waals surface area contributed by atoms with E-state index in [2.05, 4.69) is 114 Å². The average molecular weight is 1320 g/mol. The Balaban J connectivity index is 0.00000928. The fraction of sp³-hybridized carbons (Fsp3) is 0.100. The molecule has 0 N–H and O–H groups in total. The number of nitrogens with zero attached hydrogens (tertiary/aromatic N) is 4. The van der Waals surface area contributed by atoms with E-state index in [1.54, 1.807) is 95.5 Å². The summed E-state index contributed by atoms with van der Waals surface area (Å²) < 4.78 is 147. The first-order valence-corrected chi connectivity index (χ1v) is 28.2. The molecule has 1 aliphatic heterocycles. The number of benzene rings is 11. The third kappa shape index (κ3) is 11.0. The molecule has 0 bridgehead atoms. The summed E-state index contributed by atoms with van der Waals surface area (Å²) in [6.07, 6.45) is 1.67. The van der Waals surface area contributed by atoms with Crippen LogP contribution in [0.3, 0.4) is 0 Å². The molecule has 0 saturated carbocycles. The zero-order valence-electron chi connectivity index (χ0n) is 63.2. The number of anilines is 4. The first-order chi connectivity index (χ1) is 48.1. The van der Waals surface area contributed by atoms with Crippen LogP contribution >= 0.6 is 0 Å². The quantitative estimate of drug-likeness (QED) is 0.114. The van der Waals surface area contributed by atoms with Crippen LogP contribution in [-0.2, 0) is 31.9 Å². The molecule has 7 heteroatoms. The Hall–Kier alpha value is -9.74. The molecule has 0 saturated heterocycles. The van der Waals surface area contributed by atoms with Gasteiger partial charge in [-0.15, -0.1) is 48.1 Å². The Morgan fingerprint density at radius 3 is 1.56 bits per heavy atom. The molecular formula is C80H63N4O2Pt-3. The summed E-state index contributed by atoms with van der Waals surface area (Å²) in [5, 5.41) is 1.31. The largest absolute Gasteiger partial charge is 0.509 e. The second kappa shape index (κ2) is 23.3. The van der Waals surface area contributed by atoms with E-state index >= 15 is 0 Å². The van der Waals surface area contributed by atoms with Crippen LogP contribution in [0.15, 0.2) is 267 Å². The van der Waals surface area contributed by atoms with E-state index in [0.717, 1.165) is 22.3 Å². The van der Waals surface area contributed by atoms with Crippen molar-refractivity contribution >= 4 is 44.6 Å². The van der Waals surface area contributed by atoms with Crippen LogP contribution in [0.25, 0.3) is 83.3 Å². The predicted octanol–water partition coefficient (Wildman–Crippen LogP) is 21.7. The molecule has 0 radical (unpaired) electrons. The molecule has 87 heavy (non-hydrogen) atoms. The van der Waals surface area contributed by atoms with Gasteiger partial charge < -0.3 is 23.8 Å². The SMILES string of the molecule is [2H]c1c([2H])c([2H])c(-c2ccc3c(c2)c2ccc(Oc4[c-]c(N5[CH-]N(c6c(-c7c([2H])c([2H])c([2H])c([2H])c7[2H])cccc6-c6c([2H])c([2H])c([2H])c([2H])c6[2H])c6ccccc65)ccc4)[c-]c2n3-c2cc(Oc3c(-c4ccc(C(C)(C)C)cc4)cccc3-c3ccc(C(C)(C)C)cc3)ccn2)c([2H])c1[2H].[Pt]. The molecule has 428 valence electrons. The smallest absolute Gasteiger partial charge is 0.143 e. The summed E-state index contributed by atoms with van der Waals surface area (Å²) in [4.78, 5) is 8.49. The van der Waals surface area contributed by atoms with E-state index in [0.29, 0.717) is 61.7 Å². The van der Waals surface area contributed by atoms with Crippen LogP contribution in [0.5, 0.6) is 23.0 Å². The molecule has 3 heterocycles. The topological polar surface area (TPSA) is 42.8 Å². The summed E-state index contributed by atoms with van der Waals surface area (Å²) in [7, 11) is 0. The Labute approximate surface area is 545 Å². The first-order valence-electron chi connectivity index (χ1n) is 35.7. The van der Waals surface area contributed by atoms with Crippen molar-refractivity contribution in [3.8, 4) is 84.5 Å². The fourth-order valence-electron chi connectivity index (χ4n) is 11.1. The van der Waals surface area contributed by atoms with E-state index in [1.165, 1.54) is 11.1 Å². The van der Waals surface area contributed by atoms with Crippen molar-refractivity contribution in [1.82, 2.24) is 9.55 Å². The minimum atomic E-state index is -0.602. The van der Waals surface area contributed by atoms with Gasteiger partial charge in [0.05, 0.1) is 20.6 Å². The van der Waals surface area contributed by atoms with Gasteiger partial charge in [0, 0.05) is 89.7 Å². The van der Waals surface area contributed by atoms with Crippen molar-refractivity contribution in [3.05, 3.63) is 297 Å². The zero-order valence-corrected chi connectivity index (χ0v) is 50.5. The van der Waals surface area contributed by atoms with Crippen molar-refractivity contribution in [2.24, 2.45) is 0 Å². The molecule has 2 aromatic heterocycles. The number of hydrogen-bond acceptors (Lipinski definition) is 5. The van der Waals surface area contributed by atoms with Crippen LogP contribution in [-0.4, -0.2) is 9.55 Å². The number of aromatic nitrogens is 2. The second-order valence-electron chi connectivity index (χ2n) is 23.0. The molecule has 1 aliphatic rings. The van der Waals surface area contributed by atoms with Gasteiger partial charge in [0.1, 0.15) is 17.3 Å². The van der Waals surface area contributed by atoms with Gasteiger partial charge >= 0.3 is 0 Å². The van der Waals surface area contributed by atoms with Crippen LogP contribution in [0.4, 0.5) is 22.7 Å². The summed E-state index contributed by atoms with van der Waals surface area (Å²) in [6, 6.07) is 52.4. The van der Waals surface area contributed by atoms with Gasteiger partial charge in [-0.1, -0.05) is 247 Å². The minimum Gasteiger partial charge on any atom is -0.509 e. The first kappa shape index (κ1) is 41.3. The molecule has 11 aromatic carbocycles. The van der Waals surface area contributed by atoms with Gasteiger partial charge in [0.2, 0.25) is 0 Å². The van der Waals surface area contributed by atoms with Gasteiger partial charge in [-0.3, -0.25) is 0 Å². The molecule has 6 nitrogen and oxygen atoms in total. The monoisotopic (exact) mass is 1320 g/mol. The third-order valence-electron chi connectivity index (χ3n) is 15.4. The van der Waals surface area contributed by atoms with Crippen molar-refractivity contribution in [2.45, 2.75) is 52.4 Å². The Morgan fingerprint density at radius 1 is 0.448 bits per heavy atom. The molecule has 13 aromatic rings. The van der Waals surface area contributed by atoms with Crippen LogP contribution < -0.4 is 19.3 Å². The Kier molecular flexibility index (Phi) is 11.1. The van der Waals surface area contributed by atoms with Crippen LogP contribution in [0.1, 0.15) is 73.2 Å². The normalized spacial score (nSPS) is 14.7. The van der Waals surface area contributed by atoms with Crippen molar-refractivity contribution in [1.29, 1.82) is 0 Å². The van der Waals surface area contributed by atoms with Gasteiger partial charge in [-0.2, -0.15) is 12.1 Å². The summed E-state index contributed by atoms with van der Waals surface area (Å²) in [6.45, 7) is 14.8. The molecule has 0 amide bonds. The van der Waals surface area contributed by atoms with Gasteiger partial charge in [0.25, 0.3) is 0 Å². The Bertz CT molecular complexity index is 5330. The number of hydrogen-bond donors (Lipinski definition) is 0. The van der Waals surface area contributed by atoms with E-state index in [9.17, 15) is 0 Å². The van der Waals surface area contributed by atoms with E-state index in [4.69, 9.17) is 35.0 Å². The number of pyridine rings is 1. The number of fused-ring (bicyclic) bond motifs is 4.